The zero-order valence-corrected chi connectivity index (χ0v) is 19.0. The van der Waals surface area contributed by atoms with Gasteiger partial charge in [-0.05, 0) is 47.7 Å². The summed E-state index contributed by atoms with van der Waals surface area (Å²) >= 11 is 0. The highest BCUT2D eigenvalue weighted by atomic mass is 16.5. The van der Waals surface area contributed by atoms with Gasteiger partial charge in [-0.15, -0.1) is 0 Å². The molecule has 0 fully saturated rings. The molecule has 5 heteroatoms. The van der Waals surface area contributed by atoms with E-state index >= 15 is 0 Å². The maximum absolute atomic E-state index is 12.7. The van der Waals surface area contributed by atoms with Crippen LogP contribution in [0.5, 0.6) is 5.75 Å². The number of anilines is 1. The van der Waals surface area contributed by atoms with Crippen molar-refractivity contribution in [3.63, 3.8) is 0 Å². The molecular weight excluding hydrogens is 400 g/mol. The van der Waals surface area contributed by atoms with Crippen molar-refractivity contribution >= 4 is 17.5 Å². The third-order valence-corrected chi connectivity index (χ3v) is 5.11. The minimum Gasteiger partial charge on any atom is -0.483 e. The van der Waals surface area contributed by atoms with Gasteiger partial charge in [0.25, 0.3) is 11.8 Å². The Morgan fingerprint density at radius 2 is 1.59 bits per heavy atom. The fraction of sp³-hybridized carbons (Fsp3) is 0.259. The molecule has 0 heterocycles. The SMILES string of the molecule is CC(NC(=O)c1cccc(NC(=O)COc2ccccc2C(C)(C)C)c1)c1ccccc1. The molecule has 0 bridgehead atoms. The number of hydrogen-bond donors (Lipinski definition) is 2. The number of nitrogens with one attached hydrogen (secondary N) is 2. The van der Waals surface area contributed by atoms with Crippen molar-refractivity contribution in [2.45, 2.75) is 39.2 Å². The average Bonchev–Trinajstić information content (AvgIpc) is 2.78. The number of ether oxygens (including phenoxy) is 1. The van der Waals surface area contributed by atoms with E-state index in [9.17, 15) is 9.59 Å². The van der Waals surface area contributed by atoms with Gasteiger partial charge in [0.2, 0.25) is 0 Å². The Hall–Kier alpha value is -3.60. The molecule has 3 aromatic rings. The molecule has 0 aliphatic rings. The first-order chi connectivity index (χ1) is 15.2. The summed E-state index contributed by atoms with van der Waals surface area (Å²) in [6, 6.07) is 24.2. The van der Waals surface area contributed by atoms with Crippen LogP contribution in [0.1, 0.15) is 55.2 Å². The third kappa shape index (κ3) is 6.20. The lowest BCUT2D eigenvalue weighted by Gasteiger charge is -2.22. The Balaban J connectivity index is 1.60. The van der Waals surface area contributed by atoms with Crippen LogP contribution in [0.4, 0.5) is 5.69 Å². The molecule has 2 N–H and O–H groups in total. The van der Waals surface area contributed by atoms with E-state index in [1.807, 2.05) is 61.5 Å². The Morgan fingerprint density at radius 1 is 0.906 bits per heavy atom. The van der Waals surface area contributed by atoms with Crippen LogP contribution in [-0.2, 0) is 10.2 Å². The lowest BCUT2D eigenvalue weighted by atomic mass is 9.86. The van der Waals surface area contributed by atoms with Gasteiger partial charge < -0.3 is 15.4 Å². The number of benzene rings is 3. The Bertz CT molecular complexity index is 1070. The number of hydrogen-bond acceptors (Lipinski definition) is 3. The van der Waals surface area contributed by atoms with E-state index in [1.54, 1.807) is 24.3 Å². The maximum Gasteiger partial charge on any atom is 0.262 e. The van der Waals surface area contributed by atoms with E-state index in [1.165, 1.54) is 0 Å². The predicted octanol–water partition coefficient (Wildman–Crippen LogP) is 5.49. The molecule has 0 saturated carbocycles. The standard InChI is InChI=1S/C27H30N2O3/c1-19(20-11-6-5-7-12-20)28-26(31)21-13-10-14-22(17-21)29-25(30)18-32-24-16-9-8-15-23(24)27(2,3)4/h5-17,19H,18H2,1-4H3,(H,28,31)(H,29,30). The van der Waals surface area contributed by atoms with Gasteiger partial charge in [-0.3, -0.25) is 9.59 Å². The number of carbonyl (C=O) groups is 2. The van der Waals surface area contributed by atoms with Gasteiger partial charge in [0.1, 0.15) is 5.75 Å². The molecule has 0 aliphatic heterocycles. The highest BCUT2D eigenvalue weighted by Crippen LogP contribution is 2.30. The van der Waals surface area contributed by atoms with Crippen LogP contribution >= 0.6 is 0 Å². The lowest BCUT2D eigenvalue weighted by molar-refractivity contribution is -0.118. The Kier molecular flexibility index (Phi) is 7.31. The molecule has 0 saturated heterocycles. The molecule has 1 unspecified atom stereocenters. The summed E-state index contributed by atoms with van der Waals surface area (Å²) in [5.41, 5.74) is 3.00. The number of rotatable bonds is 7. The first kappa shape index (κ1) is 23.1. The molecule has 0 radical (unpaired) electrons. The van der Waals surface area contributed by atoms with E-state index < -0.39 is 0 Å². The fourth-order valence-corrected chi connectivity index (χ4v) is 3.40. The summed E-state index contributed by atoms with van der Waals surface area (Å²) in [7, 11) is 0. The maximum atomic E-state index is 12.7. The van der Waals surface area contributed by atoms with E-state index in [2.05, 4.69) is 31.4 Å². The summed E-state index contributed by atoms with van der Waals surface area (Å²) in [5, 5.41) is 5.79. The van der Waals surface area contributed by atoms with Gasteiger partial charge in [0, 0.05) is 11.3 Å². The Morgan fingerprint density at radius 3 is 2.31 bits per heavy atom. The molecular formula is C27H30N2O3. The average molecular weight is 431 g/mol. The van der Waals surface area contributed by atoms with E-state index in [-0.39, 0.29) is 29.9 Å². The van der Waals surface area contributed by atoms with E-state index in [0.29, 0.717) is 17.0 Å². The largest absolute Gasteiger partial charge is 0.483 e. The van der Waals surface area contributed by atoms with Gasteiger partial charge >= 0.3 is 0 Å². The van der Waals surface area contributed by atoms with Crippen LogP contribution in [0.3, 0.4) is 0 Å². The summed E-state index contributed by atoms with van der Waals surface area (Å²) in [6.07, 6.45) is 0. The zero-order chi connectivity index (χ0) is 23.1. The molecule has 5 nitrogen and oxygen atoms in total. The first-order valence-corrected chi connectivity index (χ1v) is 10.7. The third-order valence-electron chi connectivity index (χ3n) is 5.11. The van der Waals surface area contributed by atoms with Crippen LogP contribution in [0.25, 0.3) is 0 Å². The van der Waals surface area contributed by atoms with Gasteiger partial charge in [0.15, 0.2) is 6.61 Å². The molecule has 0 aromatic heterocycles. The number of carbonyl (C=O) groups excluding carboxylic acids is 2. The number of para-hydroxylation sites is 1. The Labute approximate surface area is 189 Å². The van der Waals surface area contributed by atoms with Crippen molar-refractivity contribution < 1.29 is 14.3 Å². The van der Waals surface area contributed by atoms with Gasteiger partial charge in [-0.1, -0.05) is 75.4 Å². The highest BCUT2D eigenvalue weighted by Gasteiger charge is 2.19. The second-order valence-electron chi connectivity index (χ2n) is 8.77. The van der Waals surface area contributed by atoms with Crippen molar-refractivity contribution in [1.82, 2.24) is 5.32 Å². The molecule has 32 heavy (non-hydrogen) atoms. The zero-order valence-electron chi connectivity index (χ0n) is 19.0. The lowest BCUT2D eigenvalue weighted by Crippen LogP contribution is -2.27. The molecule has 0 spiro atoms. The number of amides is 2. The smallest absolute Gasteiger partial charge is 0.262 e. The highest BCUT2D eigenvalue weighted by molar-refractivity contribution is 5.97. The summed E-state index contributed by atoms with van der Waals surface area (Å²) in [6.45, 7) is 8.12. The van der Waals surface area contributed by atoms with Crippen LogP contribution in [0.2, 0.25) is 0 Å². The van der Waals surface area contributed by atoms with E-state index in [4.69, 9.17) is 4.74 Å². The normalized spacial score (nSPS) is 12.0. The van der Waals surface area contributed by atoms with E-state index in [0.717, 1.165) is 11.1 Å². The van der Waals surface area contributed by atoms with Crippen molar-refractivity contribution in [3.05, 3.63) is 95.6 Å². The molecule has 166 valence electrons. The minimum absolute atomic E-state index is 0.0916. The van der Waals surface area contributed by atoms with Gasteiger partial charge in [0.05, 0.1) is 6.04 Å². The summed E-state index contributed by atoms with van der Waals surface area (Å²) < 4.78 is 5.79. The molecule has 2 amide bonds. The van der Waals surface area contributed by atoms with Gasteiger partial charge in [-0.2, -0.15) is 0 Å². The van der Waals surface area contributed by atoms with Crippen LogP contribution in [0, 0.1) is 0 Å². The summed E-state index contributed by atoms with van der Waals surface area (Å²) in [4.78, 5) is 25.1. The summed E-state index contributed by atoms with van der Waals surface area (Å²) in [5.74, 6) is 0.204. The van der Waals surface area contributed by atoms with Crippen LogP contribution < -0.4 is 15.4 Å². The molecule has 1 atom stereocenters. The van der Waals surface area contributed by atoms with Gasteiger partial charge in [-0.25, -0.2) is 0 Å². The monoisotopic (exact) mass is 430 g/mol. The predicted molar refractivity (Wildman–Crippen MR) is 128 cm³/mol. The van der Waals surface area contributed by atoms with Crippen molar-refractivity contribution in [3.8, 4) is 5.75 Å². The topological polar surface area (TPSA) is 67.4 Å². The van der Waals surface area contributed by atoms with Crippen LogP contribution in [-0.4, -0.2) is 18.4 Å². The van der Waals surface area contributed by atoms with Crippen molar-refractivity contribution in [2.75, 3.05) is 11.9 Å². The second kappa shape index (κ2) is 10.1. The minimum atomic E-state index is -0.288. The molecule has 0 aliphatic carbocycles. The molecule has 3 rings (SSSR count). The molecule has 3 aromatic carbocycles. The van der Waals surface area contributed by atoms with Crippen molar-refractivity contribution in [2.24, 2.45) is 0 Å². The first-order valence-electron chi connectivity index (χ1n) is 10.7. The second-order valence-corrected chi connectivity index (χ2v) is 8.77. The fourth-order valence-electron chi connectivity index (χ4n) is 3.40. The van der Waals surface area contributed by atoms with Crippen LogP contribution in [0.15, 0.2) is 78.9 Å². The quantitative estimate of drug-likeness (QED) is 0.521. The van der Waals surface area contributed by atoms with Crippen molar-refractivity contribution in [1.29, 1.82) is 0 Å².